The van der Waals surface area contributed by atoms with Gasteiger partial charge in [-0.3, -0.25) is 4.79 Å². The third-order valence-corrected chi connectivity index (χ3v) is 3.73. The van der Waals surface area contributed by atoms with Crippen molar-refractivity contribution in [3.05, 3.63) is 22.2 Å². The number of nitrogens with one attached hydrogen (secondary N) is 1. The molecule has 1 N–H and O–H groups in total. The van der Waals surface area contributed by atoms with Gasteiger partial charge in [-0.15, -0.1) is 0 Å². The highest BCUT2D eigenvalue weighted by Crippen LogP contribution is 2.34. The van der Waals surface area contributed by atoms with Crippen LogP contribution in [0.25, 0.3) is 0 Å². The van der Waals surface area contributed by atoms with E-state index in [1.54, 1.807) is 6.07 Å². The Morgan fingerprint density at radius 3 is 2.62 bits per heavy atom. The summed E-state index contributed by atoms with van der Waals surface area (Å²) in [5, 5.41) is 3.13. The molecular formula is C14H19Cl2N3O2. The number of hydrogen-bond acceptors (Lipinski definition) is 4. The van der Waals surface area contributed by atoms with Crippen LogP contribution in [0.3, 0.4) is 0 Å². The Labute approximate surface area is 134 Å². The molecule has 1 unspecified atom stereocenters. The molecule has 1 saturated heterocycles. The summed E-state index contributed by atoms with van der Waals surface area (Å²) < 4.78 is 5.98. The van der Waals surface area contributed by atoms with E-state index < -0.39 is 5.92 Å². The van der Waals surface area contributed by atoms with Gasteiger partial charge < -0.3 is 10.1 Å². The number of carbonyl (C=O) groups is 1. The van der Waals surface area contributed by atoms with Gasteiger partial charge in [-0.05, 0) is 45.4 Å². The minimum Gasteiger partial charge on any atom is -0.373 e. The first-order chi connectivity index (χ1) is 9.67. The molecule has 1 aromatic rings. The van der Waals surface area contributed by atoms with E-state index in [9.17, 15) is 4.79 Å². The SMILES string of the molecule is C[C@@H](OC(C)(C)C)C1CNC(=O)[C@H]1c1cc(Cl)nc(Cl)n1. The first-order valence-electron chi connectivity index (χ1n) is 6.83. The number of hydrogen-bond donors (Lipinski definition) is 1. The van der Waals surface area contributed by atoms with Crippen LogP contribution in [0.15, 0.2) is 6.07 Å². The van der Waals surface area contributed by atoms with E-state index in [-0.39, 0.29) is 34.0 Å². The molecule has 0 saturated carbocycles. The second-order valence-electron chi connectivity index (χ2n) is 6.21. The van der Waals surface area contributed by atoms with Gasteiger partial charge in [-0.25, -0.2) is 9.97 Å². The Hall–Kier alpha value is -0.910. The average molecular weight is 332 g/mol. The molecule has 0 radical (unpaired) electrons. The van der Waals surface area contributed by atoms with Gasteiger partial charge in [0, 0.05) is 12.5 Å². The van der Waals surface area contributed by atoms with Gasteiger partial charge in [0.2, 0.25) is 11.2 Å². The quantitative estimate of drug-likeness (QED) is 0.683. The van der Waals surface area contributed by atoms with Crippen LogP contribution in [0.4, 0.5) is 0 Å². The second kappa shape index (κ2) is 6.07. The summed E-state index contributed by atoms with van der Waals surface area (Å²) in [4.78, 5) is 20.1. The lowest BCUT2D eigenvalue weighted by Gasteiger charge is -2.30. The predicted molar refractivity (Wildman–Crippen MR) is 81.6 cm³/mol. The molecule has 116 valence electrons. The van der Waals surface area contributed by atoms with E-state index >= 15 is 0 Å². The average Bonchev–Trinajstić information content (AvgIpc) is 2.67. The maximum atomic E-state index is 12.2. The first-order valence-corrected chi connectivity index (χ1v) is 7.58. The zero-order valence-electron chi connectivity index (χ0n) is 12.5. The molecule has 5 nitrogen and oxygen atoms in total. The monoisotopic (exact) mass is 331 g/mol. The molecule has 21 heavy (non-hydrogen) atoms. The van der Waals surface area contributed by atoms with Crippen LogP contribution < -0.4 is 5.32 Å². The van der Waals surface area contributed by atoms with Gasteiger partial charge in [0.25, 0.3) is 0 Å². The zero-order valence-corrected chi connectivity index (χ0v) is 14.0. The lowest BCUT2D eigenvalue weighted by Crippen LogP contribution is -2.34. The summed E-state index contributed by atoms with van der Waals surface area (Å²) in [5.74, 6) is -0.547. The van der Waals surface area contributed by atoms with Crippen molar-refractivity contribution >= 4 is 29.1 Å². The van der Waals surface area contributed by atoms with Crippen LogP contribution in [0.5, 0.6) is 0 Å². The molecule has 1 fully saturated rings. The van der Waals surface area contributed by atoms with Crippen LogP contribution >= 0.6 is 23.2 Å². The Morgan fingerprint density at radius 1 is 1.38 bits per heavy atom. The van der Waals surface area contributed by atoms with Gasteiger partial charge in [-0.1, -0.05) is 11.6 Å². The van der Waals surface area contributed by atoms with Crippen molar-refractivity contribution in [3.8, 4) is 0 Å². The molecule has 2 rings (SSSR count). The number of nitrogens with zero attached hydrogens (tertiary/aromatic N) is 2. The van der Waals surface area contributed by atoms with Crippen LogP contribution in [0.1, 0.15) is 39.3 Å². The molecule has 1 aromatic heterocycles. The number of carbonyl (C=O) groups excluding carboxylic acids is 1. The molecule has 0 aromatic carbocycles. The number of rotatable bonds is 3. The maximum Gasteiger partial charge on any atom is 0.229 e. The van der Waals surface area contributed by atoms with Crippen LogP contribution in [-0.4, -0.2) is 34.1 Å². The molecule has 1 aliphatic heterocycles. The molecule has 0 bridgehead atoms. The van der Waals surface area contributed by atoms with E-state index in [1.807, 2.05) is 27.7 Å². The topological polar surface area (TPSA) is 64.1 Å². The van der Waals surface area contributed by atoms with Gasteiger partial charge >= 0.3 is 0 Å². The van der Waals surface area contributed by atoms with Crippen LogP contribution in [0, 0.1) is 5.92 Å². The fourth-order valence-electron chi connectivity index (χ4n) is 2.64. The maximum absolute atomic E-state index is 12.2. The van der Waals surface area contributed by atoms with Gasteiger partial charge in [-0.2, -0.15) is 0 Å². The summed E-state index contributed by atoms with van der Waals surface area (Å²) in [6, 6.07) is 1.58. The molecule has 0 aliphatic carbocycles. The van der Waals surface area contributed by atoms with Crippen molar-refractivity contribution in [1.29, 1.82) is 0 Å². The number of halogens is 2. The fraction of sp³-hybridized carbons (Fsp3) is 0.643. The molecule has 0 spiro atoms. The van der Waals surface area contributed by atoms with Crippen molar-refractivity contribution in [2.45, 2.75) is 45.3 Å². The Kier molecular flexibility index (Phi) is 4.76. The summed E-state index contributed by atoms with van der Waals surface area (Å²) in [5.41, 5.74) is 0.251. The van der Waals surface area contributed by atoms with Crippen molar-refractivity contribution in [3.63, 3.8) is 0 Å². The van der Waals surface area contributed by atoms with E-state index in [0.717, 1.165) is 0 Å². The molecular weight excluding hydrogens is 313 g/mol. The Bertz CT molecular complexity index is 525. The Balaban J connectivity index is 2.28. The largest absolute Gasteiger partial charge is 0.373 e. The smallest absolute Gasteiger partial charge is 0.229 e. The van der Waals surface area contributed by atoms with E-state index in [0.29, 0.717) is 12.2 Å². The van der Waals surface area contributed by atoms with Crippen LogP contribution in [-0.2, 0) is 9.53 Å². The van der Waals surface area contributed by atoms with Gasteiger partial charge in [0.05, 0.1) is 23.3 Å². The summed E-state index contributed by atoms with van der Waals surface area (Å²) in [6.07, 6.45) is -0.110. The van der Waals surface area contributed by atoms with Crippen molar-refractivity contribution in [2.24, 2.45) is 5.92 Å². The fourth-order valence-corrected chi connectivity index (χ4v) is 3.07. The minimum absolute atomic E-state index is 0.0289. The Morgan fingerprint density at radius 2 is 2.05 bits per heavy atom. The molecule has 3 atom stereocenters. The zero-order chi connectivity index (χ0) is 15.8. The predicted octanol–water partition coefficient (Wildman–Crippen LogP) is 2.82. The summed E-state index contributed by atoms with van der Waals surface area (Å²) >= 11 is 11.8. The molecule has 7 heteroatoms. The third-order valence-electron chi connectivity index (χ3n) is 3.37. The first kappa shape index (κ1) is 16.5. The number of amides is 1. The van der Waals surface area contributed by atoms with Gasteiger partial charge in [0.15, 0.2) is 0 Å². The summed E-state index contributed by atoms with van der Waals surface area (Å²) in [6.45, 7) is 8.47. The van der Waals surface area contributed by atoms with Crippen molar-refractivity contribution < 1.29 is 9.53 Å². The lowest BCUT2D eigenvalue weighted by molar-refractivity contribution is -0.122. The summed E-state index contributed by atoms with van der Waals surface area (Å²) in [7, 11) is 0. The molecule has 2 heterocycles. The molecule has 1 aliphatic rings. The van der Waals surface area contributed by atoms with Crippen LogP contribution in [0.2, 0.25) is 10.4 Å². The number of aromatic nitrogens is 2. The minimum atomic E-state index is -0.430. The normalized spacial score (nSPS) is 24.0. The highest BCUT2D eigenvalue weighted by atomic mass is 35.5. The highest BCUT2D eigenvalue weighted by molar-refractivity contribution is 6.31. The van der Waals surface area contributed by atoms with E-state index in [2.05, 4.69) is 15.3 Å². The number of ether oxygens (including phenoxy) is 1. The second-order valence-corrected chi connectivity index (χ2v) is 6.93. The lowest BCUT2D eigenvalue weighted by atomic mass is 9.88. The third kappa shape index (κ3) is 4.05. The standard InChI is InChI=1S/C14H19Cl2N3O2/c1-7(21-14(2,3)4)8-6-17-12(20)11(8)9-5-10(15)19-13(16)18-9/h5,7-8,11H,6H2,1-4H3,(H,17,20)/t7-,8?,11-/m1/s1. The van der Waals surface area contributed by atoms with Crippen molar-refractivity contribution in [2.75, 3.05) is 6.54 Å². The van der Waals surface area contributed by atoms with Gasteiger partial charge in [0.1, 0.15) is 5.15 Å². The van der Waals surface area contributed by atoms with Crippen molar-refractivity contribution in [1.82, 2.24) is 15.3 Å². The van der Waals surface area contributed by atoms with E-state index in [4.69, 9.17) is 27.9 Å². The highest BCUT2D eigenvalue weighted by Gasteiger charge is 2.41. The van der Waals surface area contributed by atoms with E-state index in [1.165, 1.54) is 0 Å². The molecule has 1 amide bonds.